The van der Waals surface area contributed by atoms with Gasteiger partial charge >= 0.3 is 0 Å². The van der Waals surface area contributed by atoms with Crippen molar-refractivity contribution in [2.24, 2.45) is 0 Å². The van der Waals surface area contributed by atoms with Gasteiger partial charge in [0.2, 0.25) is 5.91 Å². The molecule has 1 aliphatic rings. The molecule has 0 spiro atoms. The summed E-state index contributed by atoms with van der Waals surface area (Å²) in [5.41, 5.74) is 0.915. The molecule has 0 radical (unpaired) electrons. The molecular weight excluding hydrogens is 295 g/mol. The van der Waals surface area contributed by atoms with E-state index in [1.165, 1.54) is 0 Å². The van der Waals surface area contributed by atoms with Crippen LogP contribution in [0.3, 0.4) is 0 Å². The molecule has 0 heterocycles. The fourth-order valence-electron chi connectivity index (χ4n) is 2.86. The van der Waals surface area contributed by atoms with Crippen LogP contribution in [0.2, 0.25) is 0 Å². The molecule has 110 valence electrons. The van der Waals surface area contributed by atoms with E-state index in [-0.39, 0.29) is 23.4 Å². The van der Waals surface area contributed by atoms with Crippen LogP contribution in [0.15, 0.2) is 30.3 Å². The lowest BCUT2D eigenvalue weighted by Crippen LogP contribution is -2.49. The number of rotatable bonds is 5. The van der Waals surface area contributed by atoms with E-state index in [1.54, 1.807) is 0 Å². The summed E-state index contributed by atoms with van der Waals surface area (Å²) in [6.07, 6.45) is 2.02. The number of nitrogens with zero attached hydrogens (tertiary/aromatic N) is 1. The second-order valence-corrected chi connectivity index (χ2v) is 6.06. The lowest BCUT2D eigenvalue weighted by atomic mass is 10.1. The number of para-hydroxylation sites is 1. The Hall–Kier alpha value is -0.770. The minimum absolute atomic E-state index is 0.0576. The Labute approximate surface area is 130 Å². The van der Waals surface area contributed by atoms with E-state index in [0.717, 1.165) is 18.5 Å². The maximum Gasteiger partial charge on any atom is 0.228 e. The van der Waals surface area contributed by atoms with Gasteiger partial charge in [-0.3, -0.25) is 4.79 Å². The maximum absolute atomic E-state index is 12.5. The summed E-state index contributed by atoms with van der Waals surface area (Å²) in [5, 5.41) is 3.38. The number of carbonyl (C=O) groups is 1. The van der Waals surface area contributed by atoms with Crippen molar-refractivity contribution in [3.8, 4) is 0 Å². The summed E-state index contributed by atoms with van der Waals surface area (Å²) in [5.74, 6) is 0.394. The first-order valence-corrected chi connectivity index (χ1v) is 7.89. The van der Waals surface area contributed by atoms with E-state index in [2.05, 4.69) is 5.32 Å². The molecule has 1 saturated carbocycles. The zero-order valence-electron chi connectivity index (χ0n) is 11.6. The minimum Gasteiger partial charge on any atom is -0.315 e. The van der Waals surface area contributed by atoms with E-state index < -0.39 is 0 Å². The van der Waals surface area contributed by atoms with Gasteiger partial charge in [0.05, 0.1) is 6.04 Å². The fourth-order valence-corrected chi connectivity index (χ4v) is 3.40. The molecule has 20 heavy (non-hydrogen) atoms. The summed E-state index contributed by atoms with van der Waals surface area (Å²) in [6, 6.07) is 10.1. The normalized spacial score (nSPS) is 25.6. The Morgan fingerprint density at radius 1 is 1.35 bits per heavy atom. The molecule has 0 bridgehead atoms. The van der Waals surface area contributed by atoms with Crippen molar-refractivity contribution in [3.05, 3.63) is 30.3 Å². The zero-order valence-corrected chi connectivity index (χ0v) is 13.1. The first-order valence-electron chi connectivity index (χ1n) is 6.91. The van der Waals surface area contributed by atoms with Gasteiger partial charge in [-0.05, 0) is 32.0 Å². The van der Waals surface area contributed by atoms with Crippen molar-refractivity contribution in [3.63, 3.8) is 0 Å². The maximum atomic E-state index is 12.5. The predicted molar refractivity (Wildman–Crippen MR) is 84.8 cm³/mol. The number of amides is 1. The molecule has 1 aromatic rings. The number of alkyl halides is 2. The third kappa shape index (κ3) is 3.46. The molecule has 2 rings (SSSR count). The Bertz CT molecular complexity index is 441. The molecule has 1 aromatic carbocycles. The lowest BCUT2D eigenvalue weighted by molar-refractivity contribution is -0.118. The fraction of sp³-hybridized carbons (Fsp3) is 0.533. The van der Waals surface area contributed by atoms with Crippen molar-refractivity contribution >= 4 is 34.8 Å². The Balaban J connectivity index is 2.29. The SMILES string of the molecule is CN[C@@H]1CC(Cl)C[C@H]1N(C(=O)CCCl)c1ccccc1. The number of anilines is 1. The second kappa shape index (κ2) is 7.30. The van der Waals surface area contributed by atoms with E-state index in [9.17, 15) is 4.79 Å². The highest BCUT2D eigenvalue weighted by molar-refractivity contribution is 6.21. The largest absolute Gasteiger partial charge is 0.315 e. The molecule has 3 nitrogen and oxygen atoms in total. The molecule has 1 aliphatic carbocycles. The van der Waals surface area contributed by atoms with Crippen LogP contribution in [0.5, 0.6) is 0 Å². The number of likely N-dealkylation sites (N-methyl/N-ethyl adjacent to an activating group) is 1. The summed E-state index contributed by atoms with van der Waals surface area (Å²) >= 11 is 12.0. The van der Waals surface area contributed by atoms with Gasteiger partial charge in [-0.1, -0.05) is 18.2 Å². The van der Waals surface area contributed by atoms with Crippen LogP contribution in [-0.2, 0) is 4.79 Å². The van der Waals surface area contributed by atoms with Crippen molar-refractivity contribution < 1.29 is 4.79 Å². The number of hydrogen-bond donors (Lipinski definition) is 1. The third-order valence-corrected chi connectivity index (χ3v) is 4.33. The number of carbonyl (C=O) groups excluding carboxylic acids is 1. The standard InChI is InChI=1S/C15H20Cl2N2O/c1-18-13-9-11(17)10-14(13)19(15(20)7-8-16)12-5-3-2-4-6-12/h2-6,11,13-14,18H,7-10H2,1H3/t11?,13-,14-/m1/s1. The number of halogens is 2. The molecule has 0 aromatic heterocycles. The quantitative estimate of drug-likeness (QED) is 0.847. The Morgan fingerprint density at radius 2 is 2.05 bits per heavy atom. The lowest BCUT2D eigenvalue weighted by Gasteiger charge is -2.33. The van der Waals surface area contributed by atoms with E-state index >= 15 is 0 Å². The molecule has 1 unspecified atom stereocenters. The van der Waals surface area contributed by atoms with Crippen LogP contribution in [0, 0.1) is 0 Å². The number of nitrogens with one attached hydrogen (secondary N) is 1. The summed E-state index contributed by atoms with van der Waals surface area (Å²) in [7, 11) is 1.92. The van der Waals surface area contributed by atoms with E-state index in [0.29, 0.717) is 12.3 Å². The van der Waals surface area contributed by atoms with Crippen LogP contribution in [-0.4, -0.2) is 36.3 Å². The van der Waals surface area contributed by atoms with Gasteiger partial charge in [0.25, 0.3) is 0 Å². The molecule has 0 saturated heterocycles. The molecule has 0 aliphatic heterocycles. The molecule has 1 amide bonds. The van der Waals surface area contributed by atoms with E-state index in [1.807, 2.05) is 42.3 Å². The Morgan fingerprint density at radius 3 is 2.65 bits per heavy atom. The van der Waals surface area contributed by atoms with E-state index in [4.69, 9.17) is 23.2 Å². The van der Waals surface area contributed by atoms with Gasteiger partial charge in [0.1, 0.15) is 0 Å². The van der Waals surface area contributed by atoms with Gasteiger partial charge < -0.3 is 10.2 Å². The van der Waals surface area contributed by atoms with Crippen LogP contribution >= 0.6 is 23.2 Å². The molecule has 1 N–H and O–H groups in total. The Kier molecular flexibility index (Phi) is 5.70. The first-order chi connectivity index (χ1) is 9.67. The average Bonchev–Trinajstić information content (AvgIpc) is 2.81. The summed E-state index contributed by atoms with van der Waals surface area (Å²) < 4.78 is 0. The topological polar surface area (TPSA) is 32.3 Å². The van der Waals surface area contributed by atoms with Crippen molar-refractivity contribution in [2.45, 2.75) is 36.7 Å². The van der Waals surface area contributed by atoms with Crippen LogP contribution in [0.25, 0.3) is 0 Å². The van der Waals surface area contributed by atoms with Crippen molar-refractivity contribution in [1.82, 2.24) is 5.32 Å². The zero-order chi connectivity index (χ0) is 14.5. The molecular formula is C15H20Cl2N2O. The highest BCUT2D eigenvalue weighted by Gasteiger charge is 2.38. The first kappa shape index (κ1) is 15.6. The number of hydrogen-bond acceptors (Lipinski definition) is 2. The van der Waals surface area contributed by atoms with Crippen LogP contribution < -0.4 is 10.2 Å². The predicted octanol–water partition coefficient (Wildman–Crippen LogP) is 3.01. The third-order valence-electron chi connectivity index (χ3n) is 3.79. The minimum atomic E-state index is 0.0576. The van der Waals surface area contributed by atoms with Gasteiger partial charge in [-0.15, -0.1) is 23.2 Å². The molecule has 1 fully saturated rings. The highest BCUT2D eigenvalue weighted by atomic mass is 35.5. The van der Waals surface area contributed by atoms with Crippen molar-refractivity contribution in [2.75, 3.05) is 17.8 Å². The van der Waals surface area contributed by atoms with Gasteiger partial charge in [0.15, 0.2) is 0 Å². The van der Waals surface area contributed by atoms with Crippen LogP contribution in [0.1, 0.15) is 19.3 Å². The molecule has 3 atom stereocenters. The average molecular weight is 315 g/mol. The molecule has 5 heteroatoms. The second-order valence-electron chi connectivity index (χ2n) is 5.07. The van der Waals surface area contributed by atoms with Gasteiger partial charge in [-0.25, -0.2) is 0 Å². The summed E-state index contributed by atoms with van der Waals surface area (Å²) in [4.78, 5) is 14.3. The smallest absolute Gasteiger partial charge is 0.228 e. The summed E-state index contributed by atoms with van der Waals surface area (Å²) in [6.45, 7) is 0. The highest BCUT2D eigenvalue weighted by Crippen LogP contribution is 2.32. The van der Waals surface area contributed by atoms with Gasteiger partial charge in [-0.2, -0.15) is 0 Å². The van der Waals surface area contributed by atoms with Crippen molar-refractivity contribution in [1.29, 1.82) is 0 Å². The van der Waals surface area contributed by atoms with Crippen LogP contribution in [0.4, 0.5) is 5.69 Å². The van der Waals surface area contributed by atoms with Gasteiger partial charge in [0, 0.05) is 29.4 Å². The number of benzene rings is 1. The monoisotopic (exact) mass is 314 g/mol.